The van der Waals surface area contributed by atoms with Gasteiger partial charge < -0.3 is 20.2 Å². The molecule has 19 heavy (non-hydrogen) atoms. The average molecular weight is 269 g/mol. The topological polar surface area (TPSA) is 72.9 Å². The van der Waals surface area contributed by atoms with Gasteiger partial charge in [-0.05, 0) is 45.7 Å². The van der Waals surface area contributed by atoms with Crippen LogP contribution in [0.5, 0.6) is 0 Å². The number of carbonyl (C=O) groups excluding carboxylic acids is 1. The summed E-state index contributed by atoms with van der Waals surface area (Å²) in [5.41, 5.74) is -1.12. The molecule has 6 heteroatoms. The molecule has 0 spiro atoms. The summed E-state index contributed by atoms with van der Waals surface area (Å²) in [4.78, 5) is 27.6. The Labute approximate surface area is 113 Å². The minimum Gasteiger partial charge on any atom is -0.480 e. The van der Waals surface area contributed by atoms with Crippen molar-refractivity contribution in [3.63, 3.8) is 0 Å². The van der Waals surface area contributed by atoms with Crippen molar-refractivity contribution >= 4 is 12.0 Å². The van der Waals surface area contributed by atoms with E-state index in [1.807, 2.05) is 7.05 Å². The lowest BCUT2D eigenvalue weighted by atomic mass is 9.96. The molecule has 6 nitrogen and oxygen atoms in total. The number of nitrogens with one attached hydrogen (secondary N) is 1. The number of carbonyl (C=O) groups is 2. The molecular formula is C13H23N3O3. The van der Waals surface area contributed by atoms with Gasteiger partial charge in [0.1, 0.15) is 5.54 Å². The van der Waals surface area contributed by atoms with E-state index >= 15 is 0 Å². The van der Waals surface area contributed by atoms with Gasteiger partial charge in [0.2, 0.25) is 0 Å². The van der Waals surface area contributed by atoms with Crippen molar-refractivity contribution in [2.45, 2.75) is 31.7 Å². The van der Waals surface area contributed by atoms with Crippen molar-refractivity contribution in [3.05, 3.63) is 0 Å². The third-order valence-corrected chi connectivity index (χ3v) is 4.21. The Balaban J connectivity index is 1.97. The van der Waals surface area contributed by atoms with E-state index in [4.69, 9.17) is 0 Å². The van der Waals surface area contributed by atoms with Crippen LogP contribution in [0.15, 0.2) is 0 Å². The van der Waals surface area contributed by atoms with E-state index in [1.54, 1.807) is 11.8 Å². The number of rotatable bonds is 3. The van der Waals surface area contributed by atoms with Gasteiger partial charge in [-0.25, -0.2) is 9.59 Å². The molecule has 1 saturated heterocycles. The smallest absolute Gasteiger partial charge is 0.329 e. The van der Waals surface area contributed by atoms with Crippen LogP contribution < -0.4 is 5.32 Å². The van der Waals surface area contributed by atoms with Gasteiger partial charge in [0.15, 0.2) is 0 Å². The Morgan fingerprint density at radius 1 is 1.21 bits per heavy atom. The molecule has 0 radical (unpaired) electrons. The van der Waals surface area contributed by atoms with Gasteiger partial charge in [0.05, 0.1) is 0 Å². The van der Waals surface area contributed by atoms with E-state index in [0.29, 0.717) is 13.1 Å². The first-order valence-corrected chi connectivity index (χ1v) is 6.92. The number of hydrogen-bond acceptors (Lipinski definition) is 3. The van der Waals surface area contributed by atoms with Crippen molar-refractivity contribution in [2.24, 2.45) is 5.92 Å². The van der Waals surface area contributed by atoms with Crippen LogP contribution in [-0.2, 0) is 4.79 Å². The second-order valence-corrected chi connectivity index (χ2v) is 5.86. The van der Waals surface area contributed by atoms with Gasteiger partial charge in [0.25, 0.3) is 0 Å². The third-order valence-electron chi connectivity index (χ3n) is 4.21. The number of nitrogens with zero attached hydrogens (tertiary/aromatic N) is 2. The molecule has 1 aliphatic carbocycles. The molecule has 2 fully saturated rings. The number of likely N-dealkylation sites (N-methyl/N-ethyl adjacent to an activating group) is 1. The number of carboxylic acids is 1. The molecular weight excluding hydrogens is 246 g/mol. The van der Waals surface area contributed by atoms with E-state index < -0.39 is 11.5 Å². The minimum atomic E-state index is -1.12. The molecule has 2 rings (SSSR count). The summed E-state index contributed by atoms with van der Waals surface area (Å²) in [5, 5.41) is 12.1. The predicted molar refractivity (Wildman–Crippen MR) is 71.0 cm³/mol. The number of hydrogen-bond donors (Lipinski definition) is 2. The van der Waals surface area contributed by atoms with Gasteiger partial charge in [-0.2, -0.15) is 0 Å². The first-order valence-electron chi connectivity index (χ1n) is 6.92. The van der Waals surface area contributed by atoms with Crippen LogP contribution >= 0.6 is 0 Å². The van der Waals surface area contributed by atoms with Crippen molar-refractivity contribution < 1.29 is 14.7 Å². The van der Waals surface area contributed by atoms with E-state index in [2.05, 4.69) is 10.2 Å². The summed E-state index contributed by atoms with van der Waals surface area (Å²) in [6.07, 6.45) is 2.69. The SMILES string of the molecule is CN1CCCN(C(=O)NC(C)(C(=O)O)C2CC2)CC1. The van der Waals surface area contributed by atoms with Gasteiger partial charge >= 0.3 is 12.0 Å². The summed E-state index contributed by atoms with van der Waals surface area (Å²) in [7, 11) is 2.03. The van der Waals surface area contributed by atoms with E-state index in [-0.39, 0.29) is 11.9 Å². The molecule has 2 aliphatic rings. The second kappa shape index (κ2) is 5.36. The first kappa shape index (κ1) is 14.1. The quantitative estimate of drug-likeness (QED) is 0.786. The van der Waals surface area contributed by atoms with Gasteiger partial charge in [-0.3, -0.25) is 0 Å². The van der Waals surface area contributed by atoms with Crippen LogP contribution in [0, 0.1) is 5.92 Å². The Hall–Kier alpha value is -1.30. The molecule has 1 unspecified atom stereocenters. The maximum absolute atomic E-state index is 12.2. The van der Waals surface area contributed by atoms with Gasteiger partial charge in [-0.1, -0.05) is 0 Å². The van der Waals surface area contributed by atoms with Gasteiger partial charge in [0, 0.05) is 19.6 Å². The Morgan fingerprint density at radius 3 is 2.47 bits per heavy atom. The Kier molecular flexibility index (Phi) is 3.99. The lowest BCUT2D eigenvalue weighted by Gasteiger charge is -2.30. The fourth-order valence-corrected chi connectivity index (χ4v) is 2.54. The zero-order valence-electron chi connectivity index (χ0n) is 11.7. The molecule has 0 aromatic heterocycles. The summed E-state index contributed by atoms with van der Waals surface area (Å²) >= 11 is 0. The van der Waals surface area contributed by atoms with Crippen LogP contribution in [-0.4, -0.2) is 65.7 Å². The van der Waals surface area contributed by atoms with Crippen LogP contribution in [0.1, 0.15) is 26.2 Å². The molecule has 0 bridgehead atoms. The molecule has 1 atom stereocenters. The highest BCUT2D eigenvalue weighted by atomic mass is 16.4. The molecule has 0 aromatic rings. The maximum atomic E-state index is 12.2. The fourth-order valence-electron chi connectivity index (χ4n) is 2.54. The molecule has 1 aliphatic heterocycles. The highest BCUT2D eigenvalue weighted by Gasteiger charge is 2.49. The number of carboxylic acid groups (broad SMARTS) is 1. The van der Waals surface area contributed by atoms with Crippen LogP contribution in [0.2, 0.25) is 0 Å². The second-order valence-electron chi connectivity index (χ2n) is 5.86. The number of amides is 2. The van der Waals surface area contributed by atoms with Crippen LogP contribution in [0.25, 0.3) is 0 Å². The van der Waals surface area contributed by atoms with Crippen molar-refractivity contribution in [3.8, 4) is 0 Å². The zero-order chi connectivity index (χ0) is 14.0. The molecule has 1 heterocycles. The molecule has 0 aromatic carbocycles. The Morgan fingerprint density at radius 2 is 1.89 bits per heavy atom. The highest BCUT2D eigenvalue weighted by molar-refractivity contribution is 5.86. The Bertz CT molecular complexity index is 370. The van der Waals surface area contributed by atoms with Crippen molar-refractivity contribution in [1.29, 1.82) is 0 Å². The summed E-state index contributed by atoms with van der Waals surface area (Å²) in [5.74, 6) is -0.862. The minimum absolute atomic E-state index is 0.0728. The lowest BCUT2D eigenvalue weighted by molar-refractivity contribution is -0.144. The van der Waals surface area contributed by atoms with E-state index in [1.165, 1.54) is 0 Å². The molecule has 2 amide bonds. The average Bonchev–Trinajstić information content (AvgIpc) is 3.15. The summed E-state index contributed by atoms with van der Waals surface area (Å²) < 4.78 is 0. The zero-order valence-corrected chi connectivity index (χ0v) is 11.7. The van der Waals surface area contributed by atoms with Crippen LogP contribution in [0.4, 0.5) is 4.79 Å². The third kappa shape index (κ3) is 3.18. The molecule has 108 valence electrons. The van der Waals surface area contributed by atoms with Crippen molar-refractivity contribution in [2.75, 3.05) is 33.2 Å². The lowest BCUT2D eigenvalue weighted by Crippen LogP contribution is -2.57. The highest BCUT2D eigenvalue weighted by Crippen LogP contribution is 2.39. The number of aliphatic carboxylic acids is 1. The van der Waals surface area contributed by atoms with Gasteiger partial charge in [-0.15, -0.1) is 0 Å². The van der Waals surface area contributed by atoms with E-state index in [9.17, 15) is 14.7 Å². The van der Waals surface area contributed by atoms with Crippen molar-refractivity contribution in [1.82, 2.24) is 15.1 Å². The summed E-state index contributed by atoms with van der Waals surface area (Å²) in [6.45, 7) is 4.78. The summed E-state index contributed by atoms with van der Waals surface area (Å²) in [6, 6.07) is -0.243. The molecule has 2 N–H and O–H groups in total. The first-order chi connectivity index (χ1) is 8.93. The number of urea groups is 1. The standard InChI is InChI=1S/C13H23N3O3/c1-13(11(17)18,10-4-5-10)14-12(19)16-7-3-6-15(2)8-9-16/h10H,3-9H2,1-2H3,(H,14,19)(H,17,18). The van der Waals surface area contributed by atoms with Crippen LogP contribution in [0.3, 0.4) is 0 Å². The molecule has 1 saturated carbocycles. The monoisotopic (exact) mass is 269 g/mol. The fraction of sp³-hybridized carbons (Fsp3) is 0.846. The normalized spacial score (nSPS) is 24.4. The van der Waals surface area contributed by atoms with E-state index in [0.717, 1.165) is 32.4 Å². The predicted octanol–water partition coefficient (Wildman–Crippen LogP) is 0.587. The maximum Gasteiger partial charge on any atom is 0.329 e. The largest absolute Gasteiger partial charge is 0.480 e.